The highest BCUT2D eigenvalue weighted by Gasteiger charge is 2.27. The molecule has 2 atom stereocenters. The third kappa shape index (κ3) is 4.78. The fraction of sp³-hybridized carbons (Fsp3) is 0.533. The molecular formula is C15H23ClN2O2. The molecule has 1 saturated carbocycles. The monoisotopic (exact) mass is 298 g/mol. The van der Waals surface area contributed by atoms with Crippen LogP contribution in [0.4, 0.5) is 5.69 Å². The van der Waals surface area contributed by atoms with Crippen LogP contribution in [0, 0.1) is 5.92 Å². The molecule has 0 radical (unpaired) electrons. The zero-order valence-corrected chi connectivity index (χ0v) is 12.6. The lowest BCUT2D eigenvalue weighted by molar-refractivity contribution is -0.119. The number of hydrogen-bond donors (Lipinski definition) is 2. The van der Waals surface area contributed by atoms with Gasteiger partial charge in [-0.15, -0.1) is 12.4 Å². The summed E-state index contributed by atoms with van der Waals surface area (Å²) >= 11 is 0. The lowest BCUT2D eigenvalue weighted by Crippen LogP contribution is -2.23. The molecule has 1 fully saturated rings. The number of hydrogen-bond acceptors (Lipinski definition) is 3. The standard InChI is InChI=1S/C15H22N2O2.ClH/c1-2-19-10-11-4-3-5-14(8-11)17-15(18)12-6-7-13(16)9-12;/h3-5,8,12-13H,2,6-7,9-10,16H2,1H3,(H,17,18);1H. The molecule has 3 N–H and O–H groups in total. The summed E-state index contributed by atoms with van der Waals surface area (Å²) in [6, 6.07) is 7.98. The first kappa shape index (κ1) is 17.0. The van der Waals surface area contributed by atoms with Crippen molar-refractivity contribution < 1.29 is 9.53 Å². The number of nitrogens with one attached hydrogen (secondary N) is 1. The third-order valence-corrected chi connectivity index (χ3v) is 3.51. The number of amides is 1. The molecule has 0 aromatic heterocycles. The Bertz CT molecular complexity index is 440. The molecule has 1 amide bonds. The lowest BCUT2D eigenvalue weighted by Gasteiger charge is -2.11. The van der Waals surface area contributed by atoms with Crippen LogP contribution >= 0.6 is 12.4 Å². The highest BCUT2D eigenvalue weighted by molar-refractivity contribution is 5.92. The van der Waals surface area contributed by atoms with E-state index >= 15 is 0 Å². The summed E-state index contributed by atoms with van der Waals surface area (Å²) in [5.41, 5.74) is 7.75. The van der Waals surface area contributed by atoms with Gasteiger partial charge in [-0.25, -0.2) is 0 Å². The van der Waals surface area contributed by atoms with Gasteiger partial charge in [-0.05, 0) is 43.9 Å². The van der Waals surface area contributed by atoms with Crippen LogP contribution in [0.5, 0.6) is 0 Å². The number of anilines is 1. The first-order chi connectivity index (χ1) is 9.19. The molecule has 2 rings (SSSR count). The minimum Gasteiger partial charge on any atom is -0.377 e. The number of ether oxygens (including phenoxy) is 1. The van der Waals surface area contributed by atoms with Gasteiger partial charge in [-0.1, -0.05) is 12.1 Å². The van der Waals surface area contributed by atoms with Crippen molar-refractivity contribution in [2.24, 2.45) is 11.7 Å². The molecule has 1 aromatic carbocycles. The Hall–Kier alpha value is -1.10. The van der Waals surface area contributed by atoms with Crippen LogP contribution < -0.4 is 11.1 Å². The zero-order chi connectivity index (χ0) is 13.7. The van der Waals surface area contributed by atoms with Gasteiger partial charge in [-0.2, -0.15) is 0 Å². The van der Waals surface area contributed by atoms with Crippen LogP contribution in [-0.4, -0.2) is 18.6 Å². The maximum absolute atomic E-state index is 12.1. The van der Waals surface area contributed by atoms with E-state index in [2.05, 4.69) is 5.32 Å². The minimum absolute atomic E-state index is 0. The van der Waals surface area contributed by atoms with Crippen LogP contribution in [0.15, 0.2) is 24.3 Å². The molecule has 2 unspecified atom stereocenters. The Morgan fingerprint density at radius 3 is 2.90 bits per heavy atom. The molecule has 4 nitrogen and oxygen atoms in total. The molecule has 0 heterocycles. The smallest absolute Gasteiger partial charge is 0.227 e. The van der Waals surface area contributed by atoms with Crippen LogP contribution in [0.25, 0.3) is 0 Å². The van der Waals surface area contributed by atoms with Gasteiger partial charge in [0.2, 0.25) is 5.91 Å². The van der Waals surface area contributed by atoms with Gasteiger partial charge in [-0.3, -0.25) is 4.79 Å². The van der Waals surface area contributed by atoms with E-state index in [1.165, 1.54) is 0 Å². The maximum atomic E-state index is 12.1. The van der Waals surface area contributed by atoms with Crippen molar-refractivity contribution in [1.82, 2.24) is 0 Å². The van der Waals surface area contributed by atoms with Crippen molar-refractivity contribution in [3.8, 4) is 0 Å². The van der Waals surface area contributed by atoms with Crippen molar-refractivity contribution in [3.05, 3.63) is 29.8 Å². The van der Waals surface area contributed by atoms with E-state index in [9.17, 15) is 4.79 Å². The highest BCUT2D eigenvalue weighted by Crippen LogP contribution is 2.25. The molecule has 20 heavy (non-hydrogen) atoms. The summed E-state index contributed by atoms with van der Waals surface area (Å²) in [6.45, 7) is 3.24. The second-order valence-corrected chi connectivity index (χ2v) is 5.10. The second kappa shape index (κ2) is 8.25. The molecule has 1 aliphatic rings. The highest BCUT2D eigenvalue weighted by atomic mass is 35.5. The Kier molecular flexibility index (Phi) is 6.99. The topological polar surface area (TPSA) is 64.3 Å². The van der Waals surface area contributed by atoms with Crippen LogP contribution in [0.3, 0.4) is 0 Å². The van der Waals surface area contributed by atoms with Crippen LogP contribution in [0.2, 0.25) is 0 Å². The normalized spacial score (nSPS) is 21.3. The Morgan fingerprint density at radius 2 is 2.25 bits per heavy atom. The molecule has 0 saturated heterocycles. The lowest BCUT2D eigenvalue weighted by atomic mass is 10.1. The largest absolute Gasteiger partial charge is 0.377 e. The van der Waals surface area contributed by atoms with Crippen LogP contribution in [0.1, 0.15) is 31.7 Å². The minimum atomic E-state index is 0. The van der Waals surface area contributed by atoms with Gasteiger partial charge in [0.1, 0.15) is 0 Å². The van der Waals surface area contributed by atoms with Gasteiger partial charge in [0.25, 0.3) is 0 Å². The van der Waals surface area contributed by atoms with Gasteiger partial charge in [0.05, 0.1) is 6.61 Å². The fourth-order valence-electron chi connectivity index (χ4n) is 2.46. The molecule has 0 bridgehead atoms. The van der Waals surface area contributed by atoms with Crippen LogP contribution in [-0.2, 0) is 16.1 Å². The predicted octanol–water partition coefficient (Wildman–Crippen LogP) is 2.71. The van der Waals surface area contributed by atoms with E-state index in [-0.39, 0.29) is 30.3 Å². The van der Waals surface area contributed by atoms with E-state index in [4.69, 9.17) is 10.5 Å². The van der Waals surface area contributed by atoms with Gasteiger partial charge in [0.15, 0.2) is 0 Å². The van der Waals surface area contributed by atoms with Crippen molar-refractivity contribution >= 4 is 24.0 Å². The molecule has 1 aliphatic carbocycles. The number of benzene rings is 1. The fourth-order valence-corrected chi connectivity index (χ4v) is 2.46. The first-order valence-corrected chi connectivity index (χ1v) is 6.92. The van der Waals surface area contributed by atoms with E-state index in [1.54, 1.807) is 0 Å². The van der Waals surface area contributed by atoms with E-state index in [0.29, 0.717) is 13.2 Å². The van der Waals surface area contributed by atoms with Gasteiger partial charge >= 0.3 is 0 Å². The predicted molar refractivity (Wildman–Crippen MR) is 83.0 cm³/mol. The average molecular weight is 299 g/mol. The average Bonchev–Trinajstić information content (AvgIpc) is 2.83. The first-order valence-electron chi connectivity index (χ1n) is 6.92. The Labute approximate surface area is 126 Å². The summed E-state index contributed by atoms with van der Waals surface area (Å²) in [5, 5.41) is 2.97. The van der Waals surface area contributed by atoms with Crippen molar-refractivity contribution in [2.45, 2.75) is 38.8 Å². The summed E-state index contributed by atoms with van der Waals surface area (Å²) in [6.07, 6.45) is 2.64. The number of carbonyl (C=O) groups excluding carboxylic acids is 1. The third-order valence-electron chi connectivity index (χ3n) is 3.51. The van der Waals surface area contributed by atoms with Crippen molar-refractivity contribution in [2.75, 3.05) is 11.9 Å². The van der Waals surface area contributed by atoms with E-state index < -0.39 is 0 Å². The number of rotatable bonds is 5. The number of nitrogens with two attached hydrogens (primary N) is 1. The second-order valence-electron chi connectivity index (χ2n) is 5.10. The summed E-state index contributed by atoms with van der Waals surface area (Å²) in [7, 11) is 0. The SMILES string of the molecule is CCOCc1cccc(NC(=O)C2CCC(N)C2)c1.Cl. The van der Waals surface area contributed by atoms with Crippen molar-refractivity contribution in [3.63, 3.8) is 0 Å². The van der Waals surface area contributed by atoms with Crippen molar-refractivity contribution in [1.29, 1.82) is 0 Å². The molecular weight excluding hydrogens is 276 g/mol. The molecule has 0 spiro atoms. The van der Waals surface area contributed by atoms with Gasteiger partial charge < -0.3 is 15.8 Å². The number of carbonyl (C=O) groups is 1. The summed E-state index contributed by atoms with van der Waals surface area (Å²) in [5.74, 6) is 0.145. The summed E-state index contributed by atoms with van der Waals surface area (Å²) in [4.78, 5) is 12.1. The number of halogens is 1. The van der Waals surface area contributed by atoms with Gasteiger partial charge in [0, 0.05) is 24.3 Å². The van der Waals surface area contributed by atoms with E-state index in [1.807, 2.05) is 31.2 Å². The Balaban J connectivity index is 0.00000200. The molecule has 0 aliphatic heterocycles. The maximum Gasteiger partial charge on any atom is 0.227 e. The molecule has 112 valence electrons. The quantitative estimate of drug-likeness (QED) is 0.878. The zero-order valence-electron chi connectivity index (χ0n) is 11.8. The van der Waals surface area contributed by atoms with E-state index in [0.717, 1.165) is 30.5 Å². The summed E-state index contributed by atoms with van der Waals surface area (Å²) < 4.78 is 5.36. The molecule has 5 heteroatoms. The molecule has 1 aromatic rings. The Morgan fingerprint density at radius 1 is 1.45 bits per heavy atom.